The Labute approximate surface area is 120 Å². The molecule has 6 heteroatoms. The molecule has 2 N–H and O–H groups in total. The fourth-order valence-corrected chi connectivity index (χ4v) is 4.15. The van der Waals surface area contributed by atoms with E-state index in [0.717, 1.165) is 24.4 Å². The first-order chi connectivity index (χ1) is 9.41. The van der Waals surface area contributed by atoms with Crippen molar-refractivity contribution in [2.24, 2.45) is 11.3 Å². The van der Waals surface area contributed by atoms with Crippen LogP contribution in [-0.2, 0) is 4.74 Å². The number of amides is 1. The molecule has 5 nitrogen and oxygen atoms in total. The molecular formula is C14H17NO4S. The molecule has 1 saturated heterocycles. The molecule has 1 amide bonds. The van der Waals surface area contributed by atoms with E-state index in [1.165, 1.54) is 6.07 Å². The zero-order valence-corrected chi connectivity index (χ0v) is 12.2. The fourth-order valence-electron chi connectivity index (χ4n) is 3.40. The second-order valence-electron chi connectivity index (χ2n) is 5.99. The van der Waals surface area contributed by atoms with Crippen molar-refractivity contribution in [2.45, 2.75) is 32.4 Å². The highest BCUT2D eigenvalue weighted by atomic mass is 32.1. The Balaban J connectivity index is 1.71. The first-order valence-electron chi connectivity index (χ1n) is 6.67. The van der Waals surface area contributed by atoms with Crippen molar-refractivity contribution in [1.82, 2.24) is 5.32 Å². The van der Waals surface area contributed by atoms with Gasteiger partial charge in [-0.15, -0.1) is 11.3 Å². The van der Waals surface area contributed by atoms with Crippen LogP contribution in [0.15, 0.2) is 12.1 Å². The summed E-state index contributed by atoms with van der Waals surface area (Å²) < 4.78 is 5.69. The maximum absolute atomic E-state index is 12.2. The van der Waals surface area contributed by atoms with Crippen molar-refractivity contribution >= 4 is 23.2 Å². The predicted molar refractivity (Wildman–Crippen MR) is 74.2 cm³/mol. The van der Waals surface area contributed by atoms with Crippen LogP contribution in [0.4, 0.5) is 0 Å². The summed E-state index contributed by atoms with van der Waals surface area (Å²) in [4.78, 5) is 23.7. The number of carboxylic acid groups (broad SMARTS) is 1. The number of aromatic carboxylic acids is 1. The molecule has 3 atom stereocenters. The van der Waals surface area contributed by atoms with Gasteiger partial charge in [0.05, 0.1) is 11.0 Å². The quantitative estimate of drug-likeness (QED) is 0.894. The Morgan fingerprint density at radius 2 is 2.10 bits per heavy atom. The van der Waals surface area contributed by atoms with E-state index in [0.29, 0.717) is 10.8 Å². The number of carboxylic acids is 1. The first kappa shape index (κ1) is 13.6. The van der Waals surface area contributed by atoms with E-state index >= 15 is 0 Å². The zero-order chi connectivity index (χ0) is 14.5. The van der Waals surface area contributed by atoms with E-state index in [2.05, 4.69) is 19.2 Å². The average Bonchev–Trinajstić information content (AvgIpc) is 3.03. The summed E-state index contributed by atoms with van der Waals surface area (Å²) in [6, 6.07) is 3.13. The number of thiophene rings is 1. The second-order valence-corrected chi connectivity index (χ2v) is 7.07. The zero-order valence-electron chi connectivity index (χ0n) is 11.4. The Hall–Kier alpha value is -1.40. The largest absolute Gasteiger partial charge is 0.477 e. The van der Waals surface area contributed by atoms with Gasteiger partial charge in [0.15, 0.2) is 0 Å². The third-order valence-corrected chi connectivity index (χ3v) is 5.50. The lowest BCUT2D eigenvalue weighted by Crippen LogP contribution is -2.66. The standard InChI is InChI=1S/C14H17NO4S/c1-14(2)10(7-5-6-19-11(7)14)15-12(16)8-3-4-9(20-8)13(17)18/h3-4,7,10-11H,5-6H2,1-2H3,(H,15,16)(H,17,18)/t7-,10+,11+/m0/s1. The highest BCUT2D eigenvalue weighted by Gasteiger charge is 2.59. The Kier molecular flexibility index (Phi) is 3.10. The molecule has 3 rings (SSSR count). The molecule has 1 aromatic heterocycles. The van der Waals surface area contributed by atoms with E-state index in [1.54, 1.807) is 6.07 Å². The van der Waals surface area contributed by atoms with Crippen molar-refractivity contribution in [2.75, 3.05) is 6.61 Å². The minimum absolute atomic E-state index is 0.0658. The number of ether oxygens (including phenoxy) is 1. The van der Waals surface area contributed by atoms with Gasteiger partial charge in [0.1, 0.15) is 4.88 Å². The second kappa shape index (κ2) is 4.56. The summed E-state index contributed by atoms with van der Waals surface area (Å²) in [6.45, 7) is 4.95. The summed E-state index contributed by atoms with van der Waals surface area (Å²) >= 11 is 1.01. The predicted octanol–water partition coefficient (Wildman–Crippen LogP) is 1.99. The Morgan fingerprint density at radius 3 is 2.75 bits per heavy atom. The Morgan fingerprint density at radius 1 is 1.40 bits per heavy atom. The topological polar surface area (TPSA) is 75.6 Å². The van der Waals surface area contributed by atoms with Gasteiger partial charge in [0, 0.05) is 24.0 Å². The van der Waals surface area contributed by atoms with Crippen LogP contribution in [0.1, 0.15) is 39.6 Å². The number of nitrogens with one attached hydrogen (secondary N) is 1. The van der Waals surface area contributed by atoms with Gasteiger partial charge in [0.25, 0.3) is 5.91 Å². The van der Waals surface area contributed by atoms with E-state index in [-0.39, 0.29) is 28.3 Å². The molecule has 1 saturated carbocycles. The van der Waals surface area contributed by atoms with Gasteiger partial charge in [-0.3, -0.25) is 4.79 Å². The van der Waals surface area contributed by atoms with Crippen LogP contribution in [-0.4, -0.2) is 35.7 Å². The summed E-state index contributed by atoms with van der Waals surface area (Å²) in [5, 5.41) is 11.9. The van der Waals surface area contributed by atoms with Gasteiger partial charge in [-0.05, 0) is 18.6 Å². The number of rotatable bonds is 3. The van der Waals surface area contributed by atoms with Crippen LogP contribution in [0.3, 0.4) is 0 Å². The van der Waals surface area contributed by atoms with Crippen molar-refractivity contribution in [3.8, 4) is 0 Å². The number of carbonyl (C=O) groups excluding carboxylic acids is 1. The molecule has 1 aromatic rings. The summed E-state index contributed by atoms with van der Waals surface area (Å²) in [5.74, 6) is -0.805. The molecule has 20 heavy (non-hydrogen) atoms. The molecule has 0 unspecified atom stereocenters. The fraction of sp³-hybridized carbons (Fsp3) is 0.571. The number of hydrogen-bond acceptors (Lipinski definition) is 4. The lowest BCUT2D eigenvalue weighted by atomic mass is 9.57. The van der Waals surface area contributed by atoms with E-state index in [1.807, 2.05) is 0 Å². The normalized spacial score (nSPS) is 30.4. The molecule has 0 radical (unpaired) electrons. The van der Waals surface area contributed by atoms with Crippen molar-refractivity contribution in [3.63, 3.8) is 0 Å². The van der Waals surface area contributed by atoms with Crippen molar-refractivity contribution < 1.29 is 19.4 Å². The highest BCUT2D eigenvalue weighted by Crippen LogP contribution is 2.52. The minimum atomic E-state index is -0.998. The number of hydrogen-bond donors (Lipinski definition) is 2. The smallest absolute Gasteiger partial charge is 0.345 e. The van der Waals surface area contributed by atoms with Gasteiger partial charge >= 0.3 is 5.97 Å². The average molecular weight is 295 g/mol. The van der Waals surface area contributed by atoms with Gasteiger partial charge in [-0.2, -0.15) is 0 Å². The molecule has 0 spiro atoms. The van der Waals surface area contributed by atoms with Gasteiger partial charge in [0.2, 0.25) is 0 Å². The van der Waals surface area contributed by atoms with Gasteiger partial charge < -0.3 is 15.2 Å². The molecule has 2 heterocycles. The van der Waals surface area contributed by atoms with Crippen LogP contribution in [0.2, 0.25) is 0 Å². The van der Waals surface area contributed by atoms with Gasteiger partial charge in [-0.1, -0.05) is 13.8 Å². The van der Waals surface area contributed by atoms with Crippen LogP contribution in [0, 0.1) is 11.3 Å². The van der Waals surface area contributed by atoms with Crippen molar-refractivity contribution in [3.05, 3.63) is 21.9 Å². The molecule has 0 aromatic carbocycles. The third kappa shape index (κ3) is 1.94. The van der Waals surface area contributed by atoms with Crippen LogP contribution in [0.5, 0.6) is 0 Å². The first-order valence-corrected chi connectivity index (χ1v) is 7.48. The maximum atomic E-state index is 12.2. The lowest BCUT2D eigenvalue weighted by molar-refractivity contribution is -0.108. The third-order valence-electron chi connectivity index (χ3n) is 4.43. The highest BCUT2D eigenvalue weighted by molar-refractivity contribution is 7.15. The lowest BCUT2D eigenvalue weighted by Gasteiger charge is -2.54. The molecule has 2 aliphatic rings. The van der Waals surface area contributed by atoms with Crippen molar-refractivity contribution in [1.29, 1.82) is 0 Å². The van der Waals surface area contributed by atoms with E-state index < -0.39 is 5.97 Å². The maximum Gasteiger partial charge on any atom is 0.345 e. The molecule has 2 fully saturated rings. The van der Waals surface area contributed by atoms with Crippen LogP contribution >= 0.6 is 11.3 Å². The Bertz CT molecular complexity index is 565. The molecule has 108 valence electrons. The van der Waals surface area contributed by atoms with E-state index in [9.17, 15) is 9.59 Å². The summed E-state index contributed by atoms with van der Waals surface area (Å²) in [5.41, 5.74) is -0.0658. The molecule has 0 bridgehead atoms. The van der Waals surface area contributed by atoms with E-state index in [4.69, 9.17) is 9.84 Å². The number of fused-ring (bicyclic) bond motifs is 1. The molecule has 1 aliphatic carbocycles. The monoisotopic (exact) mass is 295 g/mol. The van der Waals surface area contributed by atoms with Crippen LogP contribution in [0.25, 0.3) is 0 Å². The minimum Gasteiger partial charge on any atom is -0.477 e. The van der Waals surface area contributed by atoms with Gasteiger partial charge in [-0.25, -0.2) is 4.79 Å². The van der Waals surface area contributed by atoms with Crippen LogP contribution < -0.4 is 5.32 Å². The summed E-state index contributed by atoms with van der Waals surface area (Å²) in [7, 11) is 0. The molecule has 1 aliphatic heterocycles. The number of carbonyl (C=O) groups is 2. The summed E-state index contributed by atoms with van der Waals surface area (Å²) in [6.07, 6.45) is 1.20. The molecular weight excluding hydrogens is 278 g/mol. The SMILES string of the molecule is CC1(C)[C@H](NC(=O)c2ccc(C(=O)O)s2)[C@@H]2CCO[C@H]21.